The molecule has 1 saturated heterocycles. The van der Waals surface area contributed by atoms with Gasteiger partial charge in [-0.05, 0) is 42.5 Å². The number of benzene rings is 1. The van der Waals surface area contributed by atoms with Crippen molar-refractivity contribution in [2.45, 2.75) is 89.2 Å². The minimum Gasteiger partial charge on any atom is -0.411 e. The van der Waals surface area contributed by atoms with Gasteiger partial charge in [-0.2, -0.15) is 0 Å². The molecule has 1 aromatic rings. The van der Waals surface area contributed by atoms with Crippen molar-refractivity contribution in [1.29, 1.82) is 0 Å². The molecular weight excluding hydrogens is 392 g/mol. The number of aliphatic hydroxyl groups excluding tert-OH is 1. The van der Waals surface area contributed by atoms with Gasteiger partial charge in [-0.15, -0.1) is 0 Å². The van der Waals surface area contributed by atoms with Crippen LogP contribution in [0.25, 0.3) is 0 Å². The zero-order valence-corrected chi connectivity index (χ0v) is 20.5. The van der Waals surface area contributed by atoms with Crippen molar-refractivity contribution in [1.82, 2.24) is 0 Å². The quantitative estimate of drug-likeness (QED) is 0.446. The maximum absolute atomic E-state index is 10.6. The standard InChI is InChI=1S/C25H40O4Si/c1-25(2,3)30(5,6)29-19(13-12-18-10-8-7-9-11-18)14-15-20-21-16-24(27-4)28-23(21)17-22(20)26/h7-11,14-15,19-24,26H,12-13,16-17H2,1-6H3/b15-14+/t19-,20?,21+,22?,23-,24?/m0/s1. The lowest BCUT2D eigenvalue weighted by Gasteiger charge is -2.39. The summed E-state index contributed by atoms with van der Waals surface area (Å²) in [6.07, 6.45) is 7.57. The first-order valence-electron chi connectivity index (χ1n) is 11.4. The number of hydrogen-bond acceptors (Lipinski definition) is 4. The first-order chi connectivity index (χ1) is 14.1. The molecule has 5 heteroatoms. The molecule has 0 aromatic heterocycles. The van der Waals surface area contributed by atoms with Crippen LogP contribution in [0.2, 0.25) is 18.1 Å². The summed E-state index contributed by atoms with van der Waals surface area (Å²) in [7, 11) is -0.208. The van der Waals surface area contributed by atoms with E-state index < -0.39 is 8.32 Å². The van der Waals surface area contributed by atoms with Gasteiger partial charge < -0.3 is 19.0 Å². The predicted octanol–water partition coefficient (Wildman–Crippen LogP) is 5.32. The number of hydrogen-bond donors (Lipinski definition) is 1. The summed E-state index contributed by atoms with van der Waals surface area (Å²) < 4.78 is 18.1. The second-order valence-corrected chi connectivity index (χ2v) is 15.2. The van der Waals surface area contributed by atoms with Crippen molar-refractivity contribution in [2.75, 3.05) is 7.11 Å². The molecule has 1 heterocycles. The topological polar surface area (TPSA) is 47.9 Å². The predicted molar refractivity (Wildman–Crippen MR) is 124 cm³/mol. The second-order valence-electron chi connectivity index (χ2n) is 10.4. The number of ether oxygens (including phenoxy) is 2. The van der Waals surface area contributed by atoms with Gasteiger partial charge in [0.1, 0.15) is 0 Å². The Morgan fingerprint density at radius 2 is 1.90 bits per heavy atom. The summed E-state index contributed by atoms with van der Waals surface area (Å²) in [5.41, 5.74) is 1.34. The Kier molecular flexibility index (Phi) is 7.62. The van der Waals surface area contributed by atoms with Gasteiger partial charge in [0, 0.05) is 25.9 Å². The van der Waals surface area contributed by atoms with Gasteiger partial charge >= 0.3 is 0 Å². The lowest BCUT2D eigenvalue weighted by Crippen LogP contribution is -2.43. The average Bonchev–Trinajstić information content (AvgIpc) is 3.20. The van der Waals surface area contributed by atoms with Crippen LogP contribution in [0.3, 0.4) is 0 Å². The summed E-state index contributed by atoms with van der Waals surface area (Å²) in [6.45, 7) is 11.5. The maximum Gasteiger partial charge on any atom is 0.192 e. The van der Waals surface area contributed by atoms with E-state index in [1.165, 1.54) is 5.56 Å². The van der Waals surface area contributed by atoms with E-state index in [2.05, 4.69) is 76.3 Å². The van der Waals surface area contributed by atoms with Crippen LogP contribution in [-0.4, -0.2) is 45.1 Å². The highest BCUT2D eigenvalue weighted by Crippen LogP contribution is 2.44. The van der Waals surface area contributed by atoms with Crippen molar-refractivity contribution >= 4 is 8.32 Å². The van der Waals surface area contributed by atoms with Gasteiger partial charge in [0.2, 0.25) is 0 Å². The van der Waals surface area contributed by atoms with Crippen LogP contribution in [0.4, 0.5) is 0 Å². The van der Waals surface area contributed by atoms with Gasteiger partial charge in [-0.25, -0.2) is 0 Å². The van der Waals surface area contributed by atoms with Crippen molar-refractivity contribution < 1.29 is 19.0 Å². The maximum atomic E-state index is 10.6. The van der Waals surface area contributed by atoms with E-state index in [1.807, 2.05) is 0 Å². The number of aliphatic hydroxyl groups is 1. The molecule has 30 heavy (non-hydrogen) atoms. The summed E-state index contributed by atoms with van der Waals surface area (Å²) in [5.74, 6) is 0.432. The van der Waals surface area contributed by atoms with Gasteiger partial charge in [0.15, 0.2) is 14.6 Å². The fourth-order valence-corrected chi connectivity index (χ4v) is 5.73. The molecule has 3 rings (SSSR count). The van der Waals surface area contributed by atoms with E-state index >= 15 is 0 Å². The molecule has 168 valence electrons. The molecule has 0 amide bonds. The minimum atomic E-state index is -1.90. The Balaban J connectivity index is 1.72. The third-order valence-corrected chi connectivity index (χ3v) is 11.8. The van der Waals surface area contributed by atoms with Crippen LogP contribution in [0.15, 0.2) is 42.5 Å². The normalized spacial score (nSPS) is 30.7. The third-order valence-electron chi connectivity index (χ3n) is 7.30. The van der Waals surface area contributed by atoms with Crippen molar-refractivity contribution in [2.24, 2.45) is 11.8 Å². The van der Waals surface area contributed by atoms with Gasteiger partial charge in [0.25, 0.3) is 0 Å². The summed E-state index contributed by atoms with van der Waals surface area (Å²) >= 11 is 0. The number of rotatable bonds is 8. The minimum absolute atomic E-state index is 0.0536. The number of aryl methyl sites for hydroxylation is 1. The highest BCUT2D eigenvalue weighted by atomic mass is 28.4. The smallest absolute Gasteiger partial charge is 0.192 e. The third kappa shape index (κ3) is 5.63. The summed E-state index contributed by atoms with van der Waals surface area (Å²) in [6, 6.07) is 10.6. The van der Waals surface area contributed by atoms with E-state index in [-0.39, 0.29) is 35.6 Å². The molecule has 2 fully saturated rings. The van der Waals surface area contributed by atoms with Crippen LogP contribution < -0.4 is 0 Å². The Morgan fingerprint density at radius 1 is 1.20 bits per heavy atom. The molecule has 0 spiro atoms. The summed E-state index contributed by atoms with van der Waals surface area (Å²) in [4.78, 5) is 0. The zero-order chi connectivity index (χ0) is 21.9. The molecule has 3 unspecified atom stereocenters. The van der Waals surface area contributed by atoms with Crippen molar-refractivity contribution in [3.63, 3.8) is 0 Å². The molecule has 1 aliphatic heterocycles. The molecule has 1 aromatic carbocycles. The van der Waals surface area contributed by atoms with E-state index in [9.17, 15) is 5.11 Å². The molecule has 6 atom stereocenters. The Morgan fingerprint density at radius 3 is 2.53 bits per heavy atom. The SMILES string of the molecule is COC1C[C@@H]2C(/C=C/[C@H](CCc3ccccc3)O[Si](C)(C)C(C)(C)C)C(O)C[C@@H]2O1. The van der Waals surface area contributed by atoms with Crippen molar-refractivity contribution in [3.8, 4) is 0 Å². The van der Waals surface area contributed by atoms with E-state index in [0.29, 0.717) is 12.3 Å². The van der Waals surface area contributed by atoms with E-state index in [1.54, 1.807) is 7.11 Å². The molecule has 4 nitrogen and oxygen atoms in total. The van der Waals surface area contributed by atoms with Crippen LogP contribution in [0.5, 0.6) is 0 Å². The monoisotopic (exact) mass is 432 g/mol. The van der Waals surface area contributed by atoms with Gasteiger partial charge in [-0.1, -0.05) is 63.3 Å². The fourth-order valence-electron chi connectivity index (χ4n) is 4.42. The first kappa shape index (κ1) is 23.7. The van der Waals surface area contributed by atoms with Crippen LogP contribution >= 0.6 is 0 Å². The van der Waals surface area contributed by atoms with E-state index in [4.69, 9.17) is 13.9 Å². The Bertz CT molecular complexity index is 697. The average molecular weight is 433 g/mol. The lowest BCUT2D eigenvalue weighted by atomic mass is 9.91. The molecule has 0 bridgehead atoms. The molecule has 1 N–H and O–H groups in total. The molecule has 2 aliphatic rings. The fraction of sp³-hybridized carbons (Fsp3) is 0.680. The highest BCUT2D eigenvalue weighted by Gasteiger charge is 2.48. The largest absolute Gasteiger partial charge is 0.411 e. The van der Waals surface area contributed by atoms with Gasteiger partial charge in [-0.3, -0.25) is 0 Å². The lowest BCUT2D eigenvalue weighted by molar-refractivity contribution is -0.118. The first-order valence-corrected chi connectivity index (χ1v) is 14.3. The van der Waals surface area contributed by atoms with Crippen molar-refractivity contribution in [3.05, 3.63) is 48.0 Å². The molecule has 1 aliphatic carbocycles. The number of methoxy groups -OCH3 is 1. The second kappa shape index (κ2) is 9.66. The van der Waals surface area contributed by atoms with Crippen LogP contribution in [0.1, 0.15) is 45.6 Å². The molecule has 1 saturated carbocycles. The Hall–Kier alpha value is -0.983. The molecular formula is C25H40O4Si. The van der Waals surface area contributed by atoms with E-state index in [0.717, 1.165) is 19.3 Å². The molecule has 0 radical (unpaired) electrons. The summed E-state index contributed by atoms with van der Waals surface area (Å²) in [5, 5.41) is 10.8. The Labute approximate surface area is 183 Å². The highest BCUT2D eigenvalue weighted by molar-refractivity contribution is 6.74. The van der Waals surface area contributed by atoms with Gasteiger partial charge in [0.05, 0.1) is 18.3 Å². The van der Waals surface area contributed by atoms with Crippen LogP contribution in [0, 0.1) is 11.8 Å². The van der Waals surface area contributed by atoms with Crippen LogP contribution in [-0.2, 0) is 20.3 Å². The zero-order valence-electron chi connectivity index (χ0n) is 19.5. The number of fused-ring (bicyclic) bond motifs is 1.